The highest BCUT2D eigenvalue weighted by molar-refractivity contribution is 7.80. The third-order valence-electron chi connectivity index (χ3n) is 4.29. The number of rotatable bonds is 10. The van der Waals surface area contributed by atoms with E-state index >= 15 is 0 Å². The molecule has 162 valence electrons. The van der Waals surface area contributed by atoms with Gasteiger partial charge < -0.3 is 19.5 Å². The predicted octanol–water partition coefficient (Wildman–Crippen LogP) is 4.99. The molecule has 0 bridgehead atoms. The highest BCUT2D eigenvalue weighted by Crippen LogP contribution is 2.28. The Morgan fingerprint density at radius 3 is 2.58 bits per heavy atom. The van der Waals surface area contributed by atoms with Crippen LogP contribution in [-0.2, 0) is 11.2 Å². The van der Waals surface area contributed by atoms with E-state index in [1.54, 1.807) is 19.2 Å². The molecule has 0 heterocycles. The van der Waals surface area contributed by atoms with Gasteiger partial charge in [0.1, 0.15) is 24.3 Å². The van der Waals surface area contributed by atoms with E-state index in [4.69, 9.17) is 44.5 Å². The number of hydrogen-bond acceptors (Lipinski definition) is 4. The first-order valence-electron chi connectivity index (χ1n) is 9.92. The van der Waals surface area contributed by atoms with Crippen LogP contribution in [0, 0.1) is 24.2 Å². The number of terminal acetylenes is 1. The minimum absolute atomic E-state index is 0.163. The Morgan fingerprint density at radius 2 is 1.90 bits per heavy atom. The van der Waals surface area contributed by atoms with Crippen LogP contribution in [0.15, 0.2) is 42.5 Å². The average molecular weight is 456 g/mol. The summed E-state index contributed by atoms with van der Waals surface area (Å²) < 4.78 is 16.9. The number of halogens is 1. The number of nitrogens with one attached hydrogen (secondary N) is 1. The maximum atomic E-state index is 5.98. The summed E-state index contributed by atoms with van der Waals surface area (Å²) in [5.41, 5.74) is 1.98. The first-order chi connectivity index (χ1) is 15.1. The summed E-state index contributed by atoms with van der Waals surface area (Å²) in [6, 6.07) is 13.2. The van der Waals surface area contributed by atoms with Crippen molar-refractivity contribution >= 4 is 28.8 Å². The van der Waals surface area contributed by atoms with E-state index in [-0.39, 0.29) is 6.61 Å². The Hall–Kier alpha value is -2.70. The fourth-order valence-electron chi connectivity index (χ4n) is 2.79. The molecule has 1 atom stereocenters. The van der Waals surface area contributed by atoms with Crippen molar-refractivity contribution in [1.29, 1.82) is 0 Å². The molecule has 0 aliphatic carbocycles. The minimum Gasteiger partial charge on any atom is -0.493 e. The minimum atomic E-state index is -0.433. The monoisotopic (exact) mass is 455 g/mol. The zero-order chi connectivity index (χ0) is 22.5. The Bertz CT molecular complexity index is 957. The molecule has 0 saturated heterocycles. The number of ether oxygens (including phenoxy) is 3. The maximum Gasteiger partial charge on any atom is 0.162 e. The molecule has 0 aliphatic heterocycles. The molecule has 0 saturated carbocycles. The van der Waals surface area contributed by atoms with Crippen molar-refractivity contribution in [3.05, 3.63) is 58.6 Å². The van der Waals surface area contributed by atoms with Gasteiger partial charge in [0.05, 0.1) is 7.11 Å². The van der Waals surface area contributed by atoms with Gasteiger partial charge in [-0.2, -0.15) is 0 Å². The lowest BCUT2D eigenvalue weighted by atomic mass is 10.1. The number of benzene rings is 2. The third-order valence-corrected chi connectivity index (χ3v) is 4.90. The van der Waals surface area contributed by atoms with Gasteiger partial charge in [-0.1, -0.05) is 60.8 Å². The van der Waals surface area contributed by atoms with E-state index in [9.17, 15) is 0 Å². The maximum absolute atomic E-state index is 5.98. The van der Waals surface area contributed by atoms with Crippen LogP contribution < -0.4 is 14.8 Å². The van der Waals surface area contributed by atoms with Crippen LogP contribution in [0.4, 0.5) is 0 Å². The SMILES string of the molecule is C#CCOC(C(=S)NCCc1ccc(OCC#CCC)c(OC)c1)c1ccc(Cl)cc1. The van der Waals surface area contributed by atoms with Crippen LogP contribution in [0.5, 0.6) is 11.5 Å². The summed E-state index contributed by atoms with van der Waals surface area (Å²) in [5.74, 6) is 9.77. The predicted molar refractivity (Wildman–Crippen MR) is 130 cm³/mol. The van der Waals surface area contributed by atoms with E-state index in [1.807, 2.05) is 37.3 Å². The second-order valence-corrected chi connectivity index (χ2v) is 7.35. The van der Waals surface area contributed by atoms with Gasteiger partial charge in [-0.25, -0.2) is 0 Å². The van der Waals surface area contributed by atoms with E-state index in [0.717, 1.165) is 24.0 Å². The summed E-state index contributed by atoms with van der Waals surface area (Å²) in [4.78, 5) is 0.569. The van der Waals surface area contributed by atoms with Crippen molar-refractivity contribution in [2.45, 2.75) is 25.9 Å². The fourth-order valence-corrected chi connectivity index (χ4v) is 3.22. The normalized spacial score (nSPS) is 10.9. The van der Waals surface area contributed by atoms with E-state index in [1.165, 1.54) is 0 Å². The molecule has 1 unspecified atom stereocenters. The standard InChI is InChI=1S/C25H26ClNO3S/c1-4-6-7-17-29-22-13-8-19(18-23(22)28-3)14-15-27-25(31)24(30-16-5-2)20-9-11-21(26)12-10-20/h2,8-13,18,24H,4,14-17H2,1,3H3,(H,27,31). The lowest BCUT2D eigenvalue weighted by Gasteiger charge is -2.20. The Labute approximate surface area is 195 Å². The average Bonchev–Trinajstić information content (AvgIpc) is 2.78. The van der Waals surface area contributed by atoms with Crippen molar-refractivity contribution in [2.75, 3.05) is 26.9 Å². The van der Waals surface area contributed by atoms with E-state index < -0.39 is 6.10 Å². The van der Waals surface area contributed by atoms with Gasteiger partial charge in [-0.3, -0.25) is 0 Å². The highest BCUT2D eigenvalue weighted by atomic mass is 35.5. The van der Waals surface area contributed by atoms with Crippen molar-refractivity contribution < 1.29 is 14.2 Å². The molecule has 6 heteroatoms. The zero-order valence-electron chi connectivity index (χ0n) is 17.7. The van der Waals surface area contributed by atoms with Crippen molar-refractivity contribution in [2.24, 2.45) is 0 Å². The van der Waals surface area contributed by atoms with Crippen LogP contribution in [0.3, 0.4) is 0 Å². The number of hydrogen-bond donors (Lipinski definition) is 1. The van der Waals surface area contributed by atoms with Crippen molar-refractivity contribution in [1.82, 2.24) is 5.32 Å². The molecule has 0 aromatic heterocycles. The van der Waals surface area contributed by atoms with Gasteiger partial charge in [-0.15, -0.1) is 12.3 Å². The summed E-state index contributed by atoms with van der Waals surface area (Å²) in [5, 5.41) is 3.92. The second-order valence-electron chi connectivity index (χ2n) is 6.47. The molecule has 31 heavy (non-hydrogen) atoms. The molecule has 2 aromatic carbocycles. The first-order valence-corrected chi connectivity index (χ1v) is 10.7. The molecule has 0 radical (unpaired) electrons. The van der Waals surface area contributed by atoms with Gasteiger partial charge >= 0.3 is 0 Å². The van der Waals surface area contributed by atoms with Crippen molar-refractivity contribution in [3.63, 3.8) is 0 Å². The van der Waals surface area contributed by atoms with Gasteiger partial charge in [0.25, 0.3) is 0 Å². The summed E-state index contributed by atoms with van der Waals surface area (Å²) in [6.07, 6.45) is 6.47. The van der Waals surface area contributed by atoms with E-state index in [0.29, 0.717) is 34.7 Å². The van der Waals surface area contributed by atoms with Gasteiger partial charge in [0, 0.05) is 18.0 Å². The molecule has 0 fully saturated rings. The number of methoxy groups -OCH3 is 1. The van der Waals surface area contributed by atoms with Gasteiger partial charge in [0.15, 0.2) is 11.5 Å². The first kappa shape index (κ1) is 24.6. The Kier molecular flexibility index (Phi) is 10.8. The van der Waals surface area contributed by atoms with Crippen LogP contribution in [0.1, 0.15) is 30.6 Å². The molecular formula is C25H26ClNO3S. The smallest absolute Gasteiger partial charge is 0.162 e. The topological polar surface area (TPSA) is 39.7 Å². The largest absolute Gasteiger partial charge is 0.493 e. The van der Waals surface area contributed by atoms with Crippen LogP contribution in [0.2, 0.25) is 5.02 Å². The third kappa shape index (κ3) is 8.15. The Morgan fingerprint density at radius 1 is 1.13 bits per heavy atom. The van der Waals surface area contributed by atoms with Crippen LogP contribution in [0.25, 0.3) is 0 Å². The summed E-state index contributed by atoms with van der Waals surface area (Å²) in [7, 11) is 1.62. The van der Waals surface area contributed by atoms with Crippen molar-refractivity contribution in [3.8, 4) is 35.7 Å². The number of thiocarbonyl (C=S) groups is 1. The summed E-state index contributed by atoms with van der Waals surface area (Å²) >= 11 is 11.5. The van der Waals surface area contributed by atoms with Crippen LogP contribution >= 0.6 is 23.8 Å². The Balaban J connectivity index is 1.96. The molecule has 4 nitrogen and oxygen atoms in total. The highest BCUT2D eigenvalue weighted by Gasteiger charge is 2.17. The quantitative estimate of drug-likeness (QED) is 0.403. The summed E-state index contributed by atoms with van der Waals surface area (Å²) in [6.45, 7) is 3.13. The molecule has 2 aromatic rings. The zero-order valence-corrected chi connectivity index (χ0v) is 19.3. The van der Waals surface area contributed by atoms with Gasteiger partial charge in [0.2, 0.25) is 0 Å². The molecule has 2 rings (SSSR count). The second kappa shape index (κ2) is 13.6. The van der Waals surface area contributed by atoms with Crippen LogP contribution in [-0.4, -0.2) is 31.9 Å². The molecule has 0 amide bonds. The van der Waals surface area contributed by atoms with E-state index in [2.05, 4.69) is 23.1 Å². The molecular weight excluding hydrogens is 430 g/mol. The fraction of sp³-hybridized carbons (Fsp3) is 0.320. The lowest BCUT2D eigenvalue weighted by Crippen LogP contribution is -2.31. The lowest BCUT2D eigenvalue weighted by molar-refractivity contribution is 0.128. The molecule has 0 aliphatic rings. The molecule has 1 N–H and O–H groups in total. The van der Waals surface area contributed by atoms with Gasteiger partial charge in [-0.05, 0) is 41.8 Å². The molecule has 0 spiro atoms.